The third-order valence-electron chi connectivity index (χ3n) is 9.40. The Bertz CT molecular complexity index is 936. The molecule has 9 heteroatoms. The maximum atomic E-state index is 12.7. The molecule has 0 radical (unpaired) electrons. The van der Waals surface area contributed by atoms with Crippen molar-refractivity contribution in [1.29, 1.82) is 0 Å². The Kier molecular flexibility index (Phi) is 36.1. The van der Waals surface area contributed by atoms with Gasteiger partial charge in [0.2, 0.25) is 11.8 Å². The van der Waals surface area contributed by atoms with Gasteiger partial charge in [-0.25, -0.2) is 4.79 Å². The van der Waals surface area contributed by atoms with E-state index in [0.29, 0.717) is 12.8 Å². The molecule has 0 aliphatic rings. The van der Waals surface area contributed by atoms with Crippen molar-refractivity contribution in [1.82, 2.24) is 10.6 Å². The fourth-order valence-corrected chi connectivity index (χ4v) is 6.12. The molecular formula is C43H78N2O7. The zero-order valence-corrected chi connectivity index (χ0v) is 33.3. The molecule has 0 fully saturated rings. The summed E-state index contributed by atoms with van der Waals surface area (Å²) in [5.74, 6) is -2.82. The maximum absolute atomic E-state index is 12.7. The second-order valence-corrected chi connectivity index (χ2v) is 14.4. The smallest absolute Gasteiger partial charge is 0.328 e. The zero-order chi connectivity index (χ0) is 38.3. The molecule has 0 aromatic rings. The second kappa shape index (κ2) is 38.1. The van der Waals surface area contributed by atoms with E-state index in [0.717, 1.165) is 70.6 Å². The lowest BCUT2D eigenvalue weighted by Gasteiger charge is -2.18. The molecule has 0 spiro atoms. The van der Waals surface area contributed by atoms with Crippen molar-refractivity contribution >= 4 is 23.8 Å². The quantitative estimate of drug-likeness (QED) is 0.0281. The number of carboxylic acids is 1. The molecule has 52 heavy (non-hydrogen) atoms. The Hall–Kier alpha value is -2.68. The van der Waals surface area contributed by atoms with Gasteiger partial charge >= 0.3 is 11.9 Å². The minimum Gasteiger partial charge on any atom is -0.480 e. The van der Waals surface area contributed by atoms with E-state index in [1.54, 1.807) is 0 Å². The number of carboxylic acid groups (broad SMARTS) is 1. The molecule has 0 aliphatic heterocycles. The summed E-state index contributed by atoms with van der Waals surface area (Å²) in [7, 11) is 0. The van der Waals surface area contributed by atoms with Crippen molar-refractivity contribution in [2.45, 2.75) is 212 Å². The number of carbonyl (C=O) groups is 4. The Morgan fingerprint density at radius 2 is 1.00 bits per heavy atom. The summed E-state index contributed by atoms with van der Waals surface area (Å²) in [5, 5.41) is 22.7. The topological polar surface area (TPSA) is 142 Å². The molecule has 0 heterocycles. The summed E-state index contributed by atoms with van der Waals surface area (Å²) in [6, 6.07) is -1.43. The lowest BCUT2D eigenvalue weighted by molar-refractivity contribution is -0.151. The molecule has 4 N–H and O–H groups in total. The van der Waals surface area contributed by atoms with Gasteiger partial charge in [-0.15, -0.1) is 0 Å². The predicted octanol–water partition coefficient (Wildman–Crippen LogP) is 10.0. The minimum absolute atomic E-state index is 0.0584. The SMILES string of the molecule is CCCCCCCCC=CCCCCCCCC(=O)OC(CCCCCCCC=CCCCCCCCC)CC(=O)NCC(=O)N[C@@H](CO)C(=O)O. The van der Waals surface area contributed by atoms with Gasteiger partial charge < -0.3 is 25.6 Å². The first-order chi connectivity index (χ1) is 25.3. The van der Waals surface area contributed by atoms with E-state index in [1.807, 2.05) is 0 Å². The van der Waals surface area contributed by atoms with Crippen LogP contribution in [0.15, 0.2) is 24.3 Å². The normalized spacial score (nSPS) is 12.7. The van der Waals surface area contributed by atoms with Crippen LogP contribution in [0.4, 0.5) is 0 Å². The van der Waals surface area contributed by atoms with E-state index in [9.17, 15) is 19.2 Å². The molecule has 302 valence electrons. The standard InChI is InChI=1S/C43H78N2O7/c1-3-5-7-9-11-13-15-17-19-21-23-25-27-29-31-33-38(35-40(47)44-36-41(48)45-39(37-46)43(50)51)52-42(49)34-32-30-28-26-24-22-20-18-16-14-12-10-8-6-4-2/h17-20,38-39,46H,3-16,21-37H2,1-2H3,(H,44,47)(H,45,48)(H,50,51)/t38?,39-/m0/s1. The number of ether oxygens (including phenoxy) is 1. The molecule has 0 aliphatic carbocycles. The number of aliphatic hydroxyl groups excluding tert-OH is 1. The largest absolute Gasteiger partial charge is 0.480 e. The highest BCUT2D eigenvalue weighted by atomic mass is 16.5. The Balaban J connectivity index is 4.41. The Labute approximate surface area is 317 Å². The number of rotatable bonds is 38. The van der Waals surface area contributed by atoms with Crippen molar-refractivity contribution in [2.75, 3.05) is 13.2 Å². The van der Waals surface area contributed by atoms with Crippen molar-refractivity contribution in [3.05, 3.63) is 24.3 Å². The first kappa shape index (κ1) is 49.3. The van der Waals surface area contributed by atoms with Crippen LogP contribution in [0.2, 0.25) is 0 Å². The molecule has 0 aromatic carbocycles. The Morgan fingerprint density at radius 3 is 1.44 bits per heavy atom. The molecule has 0 saturated heterocycles. The molecule has 0 aromatic heterocycles. The van der Waals surface area contributed by atoms with Crippen LogP contribution >= 0.6 is 0 Å². The number of hydrogen-bond donors (Lipinski definition) is 4. The van der Waals surface area contributed by atoms with Crippen LogP contribution in [-0.2, 0) is 23.9 Å². The molecule has 0 rings (SSSR count). The minimum atomic E-state index is -1.43. The van der Waals surface area contributed by atoms with Gasteiger partial charge in [0.05, 0.1) is 19.6 Å². The third kappa shape index (κ3) is 34.4. The number of aliphatic carboxylic acids is 1. The van der Waals surface area contributed by atoms with Crippen LogP contribution in [0.1, 0.15) is 200 Å². The third-order valence-corrected chi connectivity index (χ3v) is 9.40. The number of esters is 1. The van der Waals surface area contributed by atoms with Gasteiger partial charge in [0, 0.05) is 6.42 Å². The lowest BCUT2D eigenvalue weighted by Crippen LogP contribution is -2.47. The van der Waals surface area contributed by atoms with Gasteiger partial charge in [0.1, 0.15) is 12.1 Å². The predicted molar refractivity (Wildman–Crippen MR) is 213 cm³/mol. The van der Waals surface area contributed by atoms with Crippen molar-refractivity contribution < 1.29 is 34.1 Å². The van der Waals surface area contributed by atoms with E-state index < -0.39 is 43.1 Å². The van der Waals surface area contributed by atoms with Crippen LogP contribution in [-0.4, -0.2) is 59.3 Å². The highest BCUT2D eigenvalue weighted by molar-refractivity contribution is 5.88. The molecular weight excluding hydrogens is 656 g/mol. The van der Waals surface area contributed by atoms with E-state index in [-0.39, 0.29) is 12.4 Å². The average Bonchev–Trinajstić information content (AvgIpc) is 3.12. The molecule has 1 unspecified atom stereocenters. The average molecular weight is 735 g/mol. The molecule has 0 saturated carbocycles. The van der Waals surface area contributed by atoms with Gasteiger partial charge in [-0.3, -0.25) is 14.4 Å². The van der Waals surface area contributed by atoms with Crippen LogP contribution in [0.25, 0.3) is 0 Å². The molecule has 2 amide bonds. The first-order valence-corrected chi connectivity index (χ1v) is 21.2. The van der Waals surface area contributed by atoms with Gasteiger partial charge in [-0.2, -0.15) is 0 Å². The number of aliphatic hydroxyl groups is 1. The summed E-state index contributed by atoms with van der Waals surface area (Å²) < 4.78 is 5.75. The number of nitrogens with one attached hydrogen (secondary N) is 2. The van der Waals surface area contributed by atoms with E-state index in [4.69, 9.17) is 14.9 Å². The molecule has 9 nitrogen and oxygen atoms in total. The number of amides is 2. The van der Waals surface area contributed by atoms with Crippen molar-refractivity contribution in [3.8, 4) is 0 Å². The lowest BCUT2D eigenvalue weighted by atomic mass is 10.0. The maximum Gasteiger partial charge on any atom is 0.328 e. The number of unbranched alkanes of at least 4 members (excludes halogenated alkanes) is 22. The van der Waals surface area contributed by atoms with Crippen molar-refractivity contribution in [3.63, 3.8) is 0 Å². The summed E-state index contributed by atoms with van der Waals surface area (Å²) in [5.41, 5.74) is 0. The first-order valence-electron chi connectivity index (χ1n) is 21.2. The number of hydrogen-bond acceptors (Lipinski definition) is 6. The van der Waals surface area contributed by atoms with Gasteiger partial charge in [0.25, 0.3) is 0 Å². The molecule has 2 atom stereocenters. The van der Waals surface area contributed by atoms with Crippen LogP contribution in [0.3, 0.4) is 0 Å². The van der Waals surface area contributed by atoms with E-state index in [1.165, 1.54) is 96.3 Å². The van der Waals surface area contributed by atoms with Crippen LogP contribution < -0.4 is 10.6 Å². The van der Waals surface area contributed by atoms with Crippen LogP contribution in [0.5, 0.6) is 0 Å². The Morgan fingerprint density at radius 1 is 0.577 bits per heavy atom. The van der Waals surface area contributed by atoms with Gasteiger partial charge in [0.15, 0.2) is 0 Å². The number of carbonyl (C=O) groups excluding carboxylic acids is 3. The van der Waals surface area contributed by atoms with E-state index >= 15 is 0 Å². The summed E-state index contributed by atoms with van der Waals surface area (Å²) >= 11 is 0. The zero-order valence-electron chi connectivity index (χ0n) is 33.3. The monoisotopic (exact) mass is 735 g/mol. The van der Waals surface area contributed by atoms with Gasteiger partial charge in [-0.05, 0) is 70.6 Å². The second-order valence-electron chi connectivity index (χ2n) is 14.4. The fraction of sp³-hybridized carbons (Fsp3) is 0.814. The fourth-order valence-electron chi connectivity index (χ4n) is 6.12. The summed E-state index contributed by atoms with van der Waals surface area (Å²) in [6.07, 6.45) is 40.4. The molecule has 0 bridgehead atoms. The summed E-state index contributed by atoms with van der Waals surface area (Å²) in [4.78, 5) is 48.4. The van der Waals surface area contributed by atoms with Gasteiger partial charge in [-0.1, -0.05) is 141 Å². The van der Waals surface area contributed by atoms with E-state index in [2.05, 4.69) is 48.8 Å². The summed E-state index contributed by atoms with van der Waals surface area (Å²) in [6.45, 7) is 3.32. The highest BCUT2D eigenvalue weighted by Crippen LogP contribution is 2.16. The number of allylic oxidation sites excluding steroid dienone is 4. The van der Waals surface area contributed by atoms with Crippen LogP contribution in [0, 0.1) is 0 Å². The highest BCUT2D eigenvalue weighted by Gasteiger charge is 2.21. The van der Waals surface area contributed by atoms with Crippen molar-refractivity contribution in [2.24, 2.45) is 0 Å².